The van der Waals surface area contributed by atoms with Crippen LogP contribution in [0.1, 0.15) is 11.1 Å². The lowest BCUT2D eigenvalue weighted by Gasteiger charge is -2.09. The molecule has 0 fully saturated rings. The van der Waals surface area contributed by atoms with Crippen LogP contribution < -0.4 is 10.9 Å². The van der Waals surface area contributed by atoms with Crippen molar-refractivity contribution in [1.82, 2.24) is 9.88 Å². The number of carbonyl (C=O) groups excluding carboxylic acids is 1. The molecule has 1 heterocycles. The fourth-order valence-electron chi connectivity index (χ4n) is 2.19. The van der Waals surface area contributed by atoms with Crippen LogP contribution in [-0.2, 0) is 17.8 Å². The van der Waals surface area contributed by atoms with Crippen molar-refractivity contribution in [1.29, 1.82) is 5.26 Å². The fraction of sp³-hybridized carbons (Fsp3) is 0.188. The van der Waals surface area contributed by atoms with Gasteiger partial charge < -0.3 is 5.32 Å². The second kappa shape index (κ2) is 8.47. The highest BCUT2D eigenvalue weighted by Crippen LogP contribution is 2.21. The van der Waals surface area contributed by atoms with Crippen molar-refractivity contribution in [3.05, 3.63) is 72.1 Å². The SMILES string of the molecule is N#Cc1cc([N+](=O)[O-])cn(CC(=O)NCCc2ccc(Cl)cc2Cl)c1=O. The molecule has 8 nitrogen and oxygen atoms in total. The van der Waals surface area contributed by atoms with Crippen molar-refractivity contribution < 1.29 is 9.72 Å². The van der Waals surface area contributed by atoms with Crippen LogP contribution >= 0.6 is 23.2 Å². The van der Waals surface area contributed by atoms with Crippen LogP contribution in [0.5, 0.6) is 0 Å². The van der Waals surface area contributed by atoms with E-state index in [1.807, 2.05) is 0 Å². The van der Waals surface area contributed by atoms with Gasteiger partial charge in [0.15, 0.2) is 0 Å². The van der Waals surface area contributed by atoms with E-state index in [1.165, 1.54) is 0 Å². The maximum atomic E-state index is 12.0. The summed E-state index contributed by atoms with van der Waals surface area (Å²) in [6, 6.07) is 7.46. The van der Waals surface area contributed by atoms with Crippen molar-refractivity contribution in [3.63, 3.8) is 0 Å². The van der Waals surface area contributed by atoms with Crippen LogP contribution in [0.2, 0.25) is 10.0 Å². The number of nitriles is 1. The first-order valence-electron chi connectivity index (χ1n) is 7.31. The van der Waals surface area contributed by atoms with Crippen molar-refractivity contribution in [2.75, 3.05) is 6.54 Å². The summed E-state index contributed by atoms with van der Waals surface area (Å²) in [5.74, 6) is -0.526. The molecule has 0 aliphatic carbocycles. The standard InChI is InChI=1S/C16H12Cl2N4O4/c17-12-2-1-10(14(18)6-12)3-4-20-15(23)9-21-8-13(22(25)26)5-11(7-19)16(21)24/h1-2,5-6,8H,3-4,9H2,(H,20,23). The summed E-state index contributed by atoms with van der Waals surface area (Å²) in [7, 11) is 0. The third kappa shape index (κ3) is 4.81. The average Bonchev–Trinajstić information content (AvgIpc) is 2.58. The molecule has 1 N–H and O–H groups in total. The highest BCUT2D eigenvalue weighted by Gasteiger charge is 2.15. The Labute approximate surface area is 157 Å². The summed E-state index contributed by atoms with van der Waals surface area (Å²) in [6.07, 6.45) is 1.37. The predicted molar refractivity (Wildman–Crippen MR) is 95.2 cm³/mol. The van der Waals surface area contributed by atoms with E-state index < -0.39 is 34.2 Å². The second-order valence-electron chi connectivity index (χ2n) is 5.25. The molecule has 0 spiro atoms. The molecule has 0 saturated heterocycles. The number of benzene rings is 1. The average molecular weight is 395 g/mol. The predicted octanol–water partition coefficient (Wildman–Crippen LogP) is 2.29. The number of nitro groups is 1. The smallest absolute Gasteiger partial charge is 0.287 e. The maximum absolute atomic E-state index is 12.0. The Kier molecular flexibility index (Phi) is 6.33. The van der Waals surface area contributed by atoms with E-state index in [2.05, 4.69) is 5.32 Å². The highest BCUT2D eigenvalue weighted by atomic mass is 35.5. The van der Waals surface area contributed by atoms with Gasteiger partial charge in [-0.3, -0.25) is 24.3 Å². The van der Waals surface area contributed by atoms with Crippen LogP contribution in [0.3, 0.4) is 0 Å². The Hall–Kier alpha value is -2.89. The number of carbonyl (C=O) groups is 1. The third-order valence-corrected chi connectivity index (χ3v) is 4.04. The number of hydrogen-bond donors (Lipinski definition) is 1. The van der Waals surface area contributed by atoms with Gasteiger partial charge >= 0.3 is 0 Å². The second-order valence-corrected chi connectivity index (χ2v) is 6.09. The van der Waals surface area contributed by atoms with Gasteiger partial charge in [-0.05, 0) is 24.1 Å². The lowest BCUT2D eigenvalue weighted by atomic mass is 10.1. The van der Waals surface area contributed by atoms with E-state index >= 15 is 0 Å². The Morgan fingerprint density at radius 1 is 1.35 bits per heavy atom. The molecule has 2 rings (SSSR count). The van der Waals surface area contributed by atoms with Crippen molar-refractivity contribution in [2.24, 2.45) is 0 Å². The largest absolute Gasteiger partial charge is 0.354 e. The molecule has 0 radical (unpaired) electrons. The molecule has 0 bridgehead atoms. The molecule has 1 aromatic carbocycles. The molecule has 0 atom stereocenters. The van der Waals surface area contributed by atoms with Gasteiger partial charge in [0, 0.05) is 22.7 Å². The fourth-order valence-corrected chi connectivity index (χ4v) is 2.69. The Morgan fingerprint density at radius 2 is 2.08 bits per heavy atom. The molecule has 10 heteroatoms. The molecule has 0 saturated carbocycles. The minimum absolute atomic E-state index is 0.245. The topological polar surface area (TPSA) is 118 Å². The zero-order valence-electron chi connectivity index (χ0n) is 13.2. The number of hydrogen-bond acceptors (Lipinski definition) is 5. The van der Waals surface area contributed by atoms with E-state index in [4.69, 9.17) is 28.5 Å². The molecule has 2 aromatic rings. The summed E-state index contributed by atoms with van der Waals surface area (Å²) in [5.41, 5.74) is -0.827. The van der Waals surface area contributed by atoms with Crippen molar-refractivity contribution in [2.45, 2.75) is 13.0 Å². The lowest BCUT2D eigenvalue weighted by Crippen LogP contribution is -2.34. The Morgan fingerprint density at radius 3 is 2.69 bits per heavy atom. The van der Waals surface area contributed by atoms with Crippen LogP contribution in [-0.4, -0.2) is 21.9 Å². The van der Waals surface area contributed by atoms with Crippen molar-refractivity contribution >= 4 is 34.8 Å². The molecule has 0 aliphatic rings. The molecular formula is C16H12Cl2N4O4. The van der Waals surface area contributed by atoms with E-state index in [0.29, 0.717) is 16.5 Å². The van der Waals surface area contributed by atoms with Gasteiger partial charge in [-0.2, -0.15) is 5.26 Å². The number of rotatable bonds is 6. The molecule has 1 aromatic heterocycles. The van der Waals surface area contributed by atoms with Gasteiger partial charge in [-0.25, -0.2) is 0 Å². The first-order valence-corrected chi connectivity index (χ1v) is 8.07. The number of pyridine rings is 1. The molecule has 1 amide bonds. The highest BCUT2D eigenvalue weighted by molar-refractivity contribution is 6.35. The summed E-state index contributed by atoms with van der Waals surface area (Å²) < 4.78 is 0.835. The minimum atomic E-state index is -0.769. The Bertz CT molecular complexity index is 966. The van der Waals surface area contributed by atoms with Gasteiger partial charge in [0.1, 0.15) is 18.2 Å². The van der Waals surface area contributed by atoms with E-state index in [-0.39, 0.29) is 6.54 Å². The van der Waals surface area contributed by atoms with Crippen LogP contribution in [0.4, 0.5) is 5.69 Å². The summed E-state index contributed by atoms with van der Waals surface area (Å²) >= 11 is 11.8. The summed E-state index contributed by atoms with van der Waals surface area (Å²) in [6.45, 7) is -0.196. The Balaban J connectivity index is 2.04. The number of nitrogens with zero attached hydrogens (tertiary/aromatic N) is 3. The molecule has 26 heavy (non-hydrogen) atoms. The number of amides is 1. The summed E-state index contributed by atoms with van der Waals surface area (Å²) in [4.78, 5) is 34.1. The third-order valence-electron chi connectivity index (χ3n) is 3.45. The van der Waals surface area contributed by atoms with Crippen LogP contribution in [0.15, 0.2) is 35.3 Å². The molecule has 134 valence electrons. The van der Waals surface area contributed by atoms with Gasteiger partial charge in [0.25, 0.3) is 11.2 Å². The minimum Gasteiger partial charge on any atom is -0.354 e. The van der Waals surface area contributed by atoms with Gasteiger partial charge in [-0.1, -0.05) is 29.3 Å². The maximum Gasteiger partial charge on any atom is 0.287 e. The zero-order valence-corrected chi connectivity index (χ0v) is 14.8. The number of halogens is 2. The normalized spacial score (nSPS) is 10.2. The first-order chi connectivity index (χ1) is 12.3. The number of nitrogens with one attached hydrogen (secondary N) is 1. The quantitative estimate of drug-likeness (QED) is 0.595. The monoisotopic (exact) mass is 394 g/mol. The summed E-state index contributed by atoms with van der Waals surface area (Å²) in [5, 5.41) is 23.3. The van der Waals surface area contributed by atoms with Crippen molar-refractivity contribution in [3.8, 4) is 6.07 Å². The van der Waals surface area contributed by atoms with E-state index in [9.17, 15) is 19.7 Å². The van der Waals surface area contributed by atoms with Gasteiger partial charge in [0.05, 0.1) is 11.1 Å². The van der Waals surface area contributed by atoms with E-state index in [1.54, 1.807) is 24.3 Å². The lowest BCUT2D eigenvalue weighted by molar-refractivity contribution is -0.385. The van der Waals surface area contributed by atoms with E-state index in [0.717, 1.165) is 22.4 Å². The first kappa shape index (κ1) is 19.4. The van der Waals surface area contributed by atoms with Crippen LogP contribution in [0.25, 0.3) is 0 Å². The molecule has 0 aliphatic heterocycles. The number of aromatic nitrogens is 1. The zero-order chi connectivity index (χ0) is 19.3. The van der Waals surface area contributed by atoms with Crippen LogP contribution in [0, 0.1) is 21.4 Å². The molecular weight excluding hydrogens is 383 g/mol. The van der Waals surface area contributed by atoms with Gasteiger partial charge in [-0.15, -0.1) is 0 Å². The van der Waals surface area contributed by atoms with Gasteiger partial charge in [0.2, 0.25) is 5.91 Å². The molecule has 0 unspecified atom stereocenters.